The van der Waals surface area contributed by atoms with E-state index in [1.54, 1.807) is 11.7 Å². The van der Waals surface area contributed by atoms with Crippen molar-refractivity contribution >= 4 is 11.6 Å². The summed E-state index contributed by atoms with van der Waals surface area (Å²) < 4.78 is 6.89. The van der Waals surface area contributed by atoms with Crippen molar-refractivity contribution < 1.29 is 4.74 Å². The second-order valence-electron chi connectivity index (χ2n) is 2.47. The average Bonchev–Trinajstić information content (AvgIpc) is 2.25. The van der Waals surface area contributed by atoms with E-state index in [2.05, 4.69) is 5.10 Å². The lowest BCUT2D eigenvalue weighted by molar-refractivity contribution is 0.299. The van der Waals surface area contributed by atoms with Crippen LogP contribution in [0.15, 0.2) is 0 Å². The van der Waals surface area contributed by atoms with E-state index in [-0.39, 0.29) is 0 Å². The van der Waals surface area contributed by atoms with E-state index in [1.165, 1.54) is 0 Å². The minimum Gasteiger partial charge on any atom is -0.475 e. The first-order valence-corrected chi connectivity index (χ1v) is 4.06. The van der Waals surface area contributed by atoms with Crippen LogP contribution in [0.4, 0.5) is 0 Å². The Morgan fingerprint density at radius 2 is 2.33 bits per heavy atom. The first-order valence-electron chi connectivity index (χ1n) is 3.68. The van der Waals surface area contributed by atoms with Crippen LogP contribution in [-0.2, 0) is 7.05 Å². The van der Waals surface area contributed by atoms with E-state index in [4.69, 9.17) is 22.1 Å². The van der Waals surface area contributed by atoms with Crippen molar-refractivity contribution in [2.75, 3.05) is 13.2 Å². The van der Waals surface area contributed by atoms with Crippen LogP contribution in [-0.4, -0.2) is 22.9 Å². The summed E-state index contributed by atoms with van der Waals surface area (Å²) in [6, 6.07) is 0. The lowest BCUT2D eigenvalue weighted by atomic mass is 10.5. The molecule has 0 aliphatic heterocycles. The molecule has 0 saturated carbocycles. The molecule has 0 aliphatic carbocycles. The van der Waals surface area contributed by atoms with Gasteiger partial charge in [-0.3, -0.25) is 0 Å². The Hall–Kier alpha value is -0.740. The van der Waals surface area contributed by atoms with Crippen LogP contribution < -0.4 is 10.5 Å². The molecule has 0 aromatic carbocycles. The SMILES string of the molecule is Cc1nn(C)c(OCCN)c1Cl. The first kappa shape index (κ1) is 9.35. The molecule has 0 aliphatic rings. The monoisotopic (exact) mass is 189 g/mol. The summed E-state index contributed by atoms with van der Waals surface area (Å²) >= 11 is 5.90. The predicted octanol–water partition coefficient (Wildman–Crippen LogP) is 0.719. The molecule has 0 bridgehead atoms. The van der Waals surface area contributed by atoms with Crippen LogP contribution >= 0.6 is 11.6 Å². The molecule has 4 nitrogen and oxygen atoms in total. The Morgan fingerprint density at radius 1 is 1.67 bits per heavy atom. The maximum Gasteiger partial charge on any atom is 0.231 e. The summed E-state index contributed by atoms with van der Waals surface area (Å²) in [4.78, 5) is 0. The maximum atomic E-state index is 5.90. The van der Waals surface area contributed by atoms with Gasteiger partial charge in [-0.05, 0) is 6.92 Å². The molecule has 1 aromatic heterocycles. The Bertz CT molecular complexity index is 272. The summed E-state index contributed by atoms with van der Waals surface area (Å²) in [5.41, 5.74) is 6.06. The standard InChI is InChI=1S/C7H12ClN3O/c1-5-6(8)7(11(2)10-5)12-4-3-9/h3-4,9H2,1-2H3. The smallest absolute Gasteiger partial charge is 0.231 e. The molecule has 0 fully saturated rings. The van der Waals surface area contributed by atoms with Crippen molar-refractivity contribution in [1.29, 1.82) is 0 Å². The van der Waals surface area contributed by atoms with E-state index in [9.17, 15) is 0 Å². The van der Waals surface area contributed by atoms with Crippen LogP contribution in [0.2, 0.25) is 5.02 Å². The van der Waals surface area contributed by atoms with Gasteiger partial charge in [0.2, 0.25) is 5.88 Å². The Labute approximate surface area is 76.3 Å². The summed E-state index contributed by atoms with van der Waals surface area (Å²) in [6.45, 7) is 2.76. The molecular formula is C7H12ClN3O. The maximum absolute atomic E-state index is 5.90. The molecule has 1 heterocycles. The number of ether oxygens (including phenoxy) is 1. The summed E-state index contributed by atoms with van der Waals surface area (Å²) in [5.74, 6) is 0.583. The zero-order valence-electron chi connectivity index (χ0n) is 7.17. The van der Waals surface area contributed by atoms with Gasteiger partial charge < -0.3 is 10.5 Å². The van der Waals surface area contributed by atoms with E-state index < -0.39 is 0 Å². The normalized spacial score (nSPS) is 10.3. The highest BCUT2D eigenvalue weighted by atomic mass is 35.5. The van der Waals surface area contributed by atoms with Crippen LogP contribution in [0, 0.1) is 6.92 Å². The number of hydrogen-bond donors (Lipinski definition) is 1. The summed E-state index contributed by atoms with van der Waals surface area (Å²) in [6.07, 6.45) is 0. The van der Waals surface area contributed by atoms with Gasteiger partial charge in [0.1, 0.15) is 11.6 Å². The van der Waals surface area contributed by atoms with Crippen molar-refractivity contribution in [3.8, 4) is 5.88 Å². The second kappa shape index (κ2) is 3.78. The Balaban J connectivity index is 2.82. The quantitative estimate of drug-likeness (QED) is 0.763. The fourth-order valence-corrected chi connectivity index (χ4v) is 1.14. The number of nitrogens with zero attached hydrogens (tertiary/aromatic N) is 2. The summed E-state index contributed by atoms with van der Waals surface area (Å²) in [5, 5.41) is 4.64. The number of aryl methyl sites for hydroxylation is 2. The van der Waals surface area contributed by atoms with Gasteiger partial charge in [0, 0.05) is 13.6 Å². The highest BCUT2D eigenvalue weighted by Crippen LogP contribution is 2.26. The molecule has 1 rings (SSSR count). The third-order valence-electron chi connectivity index (χ3n) is 1.46. The van der Waals surface area contributed by atoms with Gasteiger partial charge in [-0.1, -0.05) is 11.6 Å². The number of hydrogen-bond acceptors (Lipinski definition) is 3. The van der Waals surface area contributed by atoms with Gasteiger partial charge in [-0.15, -0.1) is 0 Å². The zero-order valence-corrected chi connectivity index (χ0v) is 7.93. The average molecular weight is 190 g/mol. The van der Waals surface area contributed by atoms with Crippen LogP contribution in [0.5, 0.6) is 5.88 Å². The minimum absolute atomic E-state index is 0.457. The lowest BCUT2D eigenvalue weighted by Crippen LogP contribution is -2.12. The van der Waals surface area contributed by atoms with E-state index in [0.29, 0.717) is 24.1 Å². The van der Waals surface area contributed by atoms with Gasteiger partial charge in [-0.2, -0.15) is 5.10 Å². The fourth-order valence-electron chi connectivity index (χ4n) is 0.924. The Morgan fingerprint density at radius 3 is 2.75 bits per heavy atom. The third-order valence-corrected chi connectivity index (χ3v) is 1.89. The van der Waals surface area contributed by atoms with E-state index in [1.807, 2.05) is 6.92 Å². The number of rotatable bonds is 3. The molecule has 1 aromatic rings. The van der Waals surface area contributed by atoms with Gasteiger partial charge in [0.15, 0.2) is 0 Å². The highest BCUT2D eigenvalue weighted by Gasteiger charge is 2.11. The van der Waals surface area contributed by atoms with Crippen molar-refractivity contribution in [2.45, 2.75) is 6.92 Å². The molecule has 0 radical (unpaired) electrons. The molecule has 5 heteroatoms. The summed E-state index contributed by atoms with van der Waals surface area (Å²) in [7, 11) is 1.78. The van der Waals surface area contributed by atoms with E-state index >= 15 is 0 Å². The topological polar surface area (TPSA) is 53.1 Å². The van der Waals surface area contributed by atoms with Gasteiger partial charge in [0.25, 0.3) is 0 Å². The van der Waals surface area contributed by atoms with Crippen LogP contribution in [0.25, 0.3) is 0 Å². The third kappa shape index (κ3) is 1.70. The Kier molecular flexibility index (Phi) is 2.94. The second-order valence-corrected chi connectivity index (χ2v) is 2.84. The van der Waals surface area contributed by atoms with Crippen molar-refractivity contribution in [1.82, 2.24) is 9.78 Å². The highest BCUT2D eigenvalue weighted by molar-refractivity contribution is 6.32. The van der Waals surface area contributed by atoms with Gasteiger partial charge >= 0.3 is 0 Å². The predicted molar refractivity (Wildman–Crippen MR) is 47.5 cm³/mol. The van der Waals surface area contributed by atoms with Crippen molar-refractivity contribution in [3.63, 3.8) is 0 Å². The van der Waals surface area contributed by atoms with Crippen LogP contribution in [0.3, 0.4) is 0 Å². The van der Waals surface area contributed by atoms with Gasteiger partial charge in [0.05, 0.1) is 5.69 Å². The largest absolute Gasteiger partial charge is 0.475 e. The first-order chi connectivity index (χ1) is 5.66. The molecule has 0 unspecified atom stereocenters. The lowest BCUT2D eigenvalue weighted by Gasteiger charge is -2.03. The number of aromatic nitrogens is 2. The minimum atomic E-state index is 0.457. The van der Waals surface area contributed by atoms with Gasteiger partial charge in [-0.25, -0.2) is 4.68 Å². The zero-order chi connectivity index (χ0) is 9.14. The molecular weight excluding hydrogens is 178 g/mol. The van der Waals surface area contributed by atoms with Crippen molar-refractivity contribution in [2.24, 2.45) is 12.8 Å². The van der Waals surface area contributed by atoms with Crippen molar-refractivity contribution in [3.05, 3.63) is 10.7 Å². The number of nitrogens with two attached hydrogens (primary N) is 1. The fraction of sp³-hybridized carbons (Fsp3) is 0.571. The molecule has 0 amide bonds. The molecule has 0 saturated heterocycles. The molecule has 0 atom stereocenters. The number of halogens is 1. The molecule has 68 valence electrons. The van der Waals surface area contributed by atoms with E-state index in [0.717, 1.165) is 5.69 Å². The van der Waals surface area contributed by atoms with Crippen LogP contribution in [0.1, 0.15) is 5.69 Å². The molecule has 12 heavy (non-hydrogen) atoms. The molecule has 0 spiro atoms. The molecule has 2 N–H and O–H groups in total.